The van der Waals surface area contributed by atoms with Gasteiger partial charge in [0, 0.05) is 19.8 Å². The molecule has 0 radical (unpaired) electrons. The zero-order chi connectivity index (χ0) is 23.1. The van der Waals surface area contributed by atoms with Crippen molar-refractivity contribution in [3.63, 3.8) is 0 Å². The molecule has 0 aliphatic carbocycles. The molecule has 5 rings (SSSR count). The zero-order valence-electron chi connectivity index (χ0n) is 18.7. The molecule has 7 heteroatoms. The van der Waals surface area contributed by atoms with E-state index in [1.807, 2.05) is 73.6 Å². The number of ether oxygens (including phenoxy) is 1. The summed E-state index contributed by atoms with van der Waals surface area (Å²) in [4.78, 5) is 36.6. The summed E-state index contributed by atoms with van der Waals surface area (Å²) in [6.07, 6.45) is -0.916. The first-order valence-corrected chi connectivity index (χ1v) is 10.8. The van der Waals surface area contributed by atoms with Crippen LogP contribution in [0.4, 0.5) is 17.1 Å². The fourth-order valence-electron chi connectivity index (χ4n) is 4.57. The standard InChI is InChI=1S/C26H25N3O4/c1-27(2)18-15-13-17(14-16-18)23-22-24(33-29(23)19-9-5-4-6-10-19)26(31)28(25(22)30)20-11-7-8-12-21(20)32-3/h4-16,22-24H,1-3H3/t22-,23-,24+/m1/s1. The maximum Gasteiger partial charge on any atom is 0.266 e. The zero-order valence-corrected chi connectivity index (χ0v) is 18.7. The van der Waals surface area contributed by atoms with Crippen LogP contribution in [0.5, 0.6) is 5.75 Å². The van der Waals surface area contributed by atoms with Crippen LogP contribution < -0.4 is 19.6 Å². The molecule has 7 nitrogen and oxygen atoms in total. The second kappa shape index (κ2) is 8.26. The highest BCUT2D eigenvalue weighted by Crippen LogP contribution is 2.48. The fraction of sp³-hybridized carbons (Fsp3) is 0.231. The number of carbonyl (C=O) groups is 2. The molecule has 0 spiro atoms. The monoisotopic (exact) mass is 443 g/mol. The first-order valence-electron chi connectivity index (χ1n) is 10.8. The van der Waals surface area contributed by atoms with Crippen LogP contribution in [-0.4, -0.2) is 39.1 Å². The van der Waals surface area contributed by atoms with Crippen LogP contribution >= 0.6 is 0 Å². The Hall–Kier alpha value is -3.84. The van der Waals surface area contributed by atoms with Gasteiger partial charge in [-0.15, -0.1) is 0 Å². The number of hydrogen-bond acceptors (Lipinski definition) is 6. The molecule has 168 valence electrons. The van der Waals surface area contributed by atoms with Gasteiger partial charge in [0.05, 0.1) is 24.5 Å². The summed E-state index contributed by atoms with van der Waals surface area (Å²) in [6.45, 7) is 0. The number of hydroxylamine groups is 1. The van der Waals surface area contributed by atoms with Crippen molar-refractivity contribution in [1.29, 1.82) is 0 Å². The summed E-state index contributed by atoms with van der Waals surface area (Å²) in [5, 5.41) is 1.70. The highest BCUT2D eigenvalue weighted by Gasteiger charge is 2.60. The van der Waals surface area contributed by atoms with E-state index in [-0.39, 0.29) is 11.8 Å². The molecule has 3 aromatic rings. The Labute approximate surface area is 192 Å². The SMILES string of the molecule is COc1ccccc1N1C(=O)[C@H]2[C@H](ON(c3ccccc3)[C@@H]2c2ccc(N(C)C)cc2)C1=O. The number of nitrogens with zero attached hydrogens (tertiary/aromatic N) is 3. The van der Waals surface area contributed by atoms with Gasteiger partial charge in [0.25, 0.3) is 5.91 Å². The minimum absolute atomic E-state index is 0.297. The molecule has 0 bridgehead atoms. The first kappa shape index (κ1) is 21.0. The van der Waals surface area contributed by atoms with Crippen LogP contribution in [0.1, 0.15) is 11.6 Å². The summed E-state index contributed by atoms with van der Waals surface area (Å²) in [7, 11) is 5.47. The van der Waals surface area contributed by atoms with Crippen molar-refractivity contribution in [3.05, 3.63) is 84.4 Å². The third-order valence-corrected chi connectivity index (χ3v) is 6.20. The third-order valence-electron chi connectivity index (χ3n) is 6.20. The van der Waals surface area contributed by atoms with Crippen molar-refractivity contribution in [2.45, 2.75) is 12.1 Å². The molecule has 2 aliphatic rings. The van der Waals surface area contributed by atoms with Crippen molar-refractivity contribution in [2.75, 3.05) is 36.1 Å². The van der Waals surface area contributed by atoms with Crippen LogP contribution in [0, 0.1) is 5.92 Å². The van der Waals surface area contributed by atoms with Crippen molar-refractivity contribution in [1.82, 2.24) is 0 Å². The van der Waals surface area contributed by atoms with E-state index in [1.54, 1.807) is 29.3 Å². The predicted molar refractivity (Wildman–Crippen MR) is 126 cm³/mol. The van der Waals surface area contributed by atoms with Crippen molar-refractivity contribution >= 4 is 28.9 Å². The normalized spacial score (nSPS) is 22.0. The average molecular weight is 444 g/mol. The van der Waals surface area contributed by atoms with E-state index in [4.69, 9.17) is 9.57 Å². The molecular weight excluding hydrogens is 418 g/mol. The van der Waals surface area contributed by atoms with Crippen LogP contribution in [0.3, 0.4) is 0 Å². The van der Waals surface area contributed by atoms with Gasteiger partial charge in [-0.05, 0) is 42.0 Å². The number of amides is 2. The lowest BCUT2D eigenvalue weighted by molar-refractivity contribution is -0.126. The number of imide groups is 1. The molecule has 2 heterocycles. The van der Waals surface area contributed by atoms with Crippen LogP contribution in [-0.2, 0) is 14.4 Å². The molecule has 2 saturated heterocycles. The molecule has 2 fully saturated rings. The summed E-state index contributed by atoms with van der Waals surface area (Å²) < 4.78 is 5.41. The van der Waals surface area contributed by atoms with Crippen molar-refractivity contribution in [3.8, 4) is 5.75 Å². The number of hydrogen-bond donors (Lipinski definition) is 0. The van der Waals surface area contributed by atoms with E-state index in [1.165, 1.54) is 12.0 Å². The van der Waals surface area contributed by atoms with E-state index < -0.39 is 18.1 Å². The summed E-state index contributed by atoms with van der Waals surface area (Å²) >= 11 is 0. The molecule has 0 saturated carbocycles. The van der Waals surface area contributed by atoms with E-state index >= 15 is 0 Å². The van der Waals surface area contributed by atoms with E-state index in [9.17, 15) is 9.59 Å². The van der Waals surface area contributed by atoms with Gasteiger partial charge >= 0.3 is 0 Å². The third kappa shape index (κ3) is 3.41. The van der Waals surface area contributed by atoms with Gasteiger partial charge in [0.2, 0.25) is 5.91 Å². The molecular formula is C26H25N3O4. The average Bonchev–Trinajstić information content (AvgIpc) is 3.35. The summed E-state index contributed by atoms with van der Waals surface area (Å²) in [6, 6.07) is 24.1. The van der Waals surface area contributed by atoms with Gasteiger partial charge in [-0.25, -0.2) is 9.96 Å². The minimum atomic E-state index is -0.916. The highest BCUT2D eigenvalue weighted by atomic mass is 16.7. The van der Waals surface area contributed by atoms with Gasteiger partial charge in [-0.2, -0.15) is 0 Å². The Morgan fingerprint density at radius 2 is 1.52 bits per heavy atom. The lowest BCUT2D eigenvalue weighted by atomic mass is 9.90. The van der Waals surface area contributed by atoms with Gasteiger partial charge in [0.1, 0.15) is 11.7 Å². The van der Waals surface area contributed by atoms with E-state index in [0.29, 0.717) is 11.4 Å². The number of rotatable bonds is 5. The topological polar surface area (TPSA) is 62.3 Å². The molecule has 0 aromatic heterocycles. The number of anilines is 3. The number of para-hydroxylation sites is 3. The number of fused-ring (bicyclic) bond motifs is 1. The molecule has 0 N–H and O–H groups in total. The second-order valence-corrected chi connectivity index (χ2v) is 8.33. The minimum Gasteiger partial charge on any atom is -0.495 e. The van der Waals surface area contributed by atoms with Crippen molar-refractivity contribution < 1.29 is 19.2 Å². The van der Waals surface area contributed by atoms with Crippen molar-refractivity contribution in [2.24, 2.45) is 5.92 Å². The number of carbonyl (C=O) groups excluding carboxylic acids is 2. The fourth-order valence-corrected chi connectivity index (χ4v) is 4.57. The van der Waals surface area contributed by atoms with Gasteiger partial charge in [-0.1, -0.05) is 42.5 Å². The Bertz CT molecular complexity index is 1180. The Kier molecular flexibility index (Phi) is 5.26. The number of benzene rings is 3. The predicted octanol–water partition coefficient (Wildman–Crippen LogP) is 3.81. The lowest BCUT2D eigenvalue weighted by Gasteiger charge is -2.29. The lowest BCUT2D eigenvalue weighted by Crippen LogP contribution is -2.37. The van der Waals surface area contributed by atoms with Crippen LogP contribution in [0.15, 0.2) is 78.9 Å². The van der Waals surface area contributed by atoms with E-state index in [2.05, 4.69) is 0 Å². The largest absolute Gasteiger partial charge is 0.495 e. The quantitative estimate of drug-likeness (QED) is 0.559. The Balaban J connectivity index is 1.58. The molecule has 2 aliphatic heterocycles. The molecule has 0 unspecified atom stereocenters. The molecule has 33 heavy (non-hydrogen) atoms. The number of methoxy groups -OCH3 is 1. The van der Waals surface area contributed by atoms with Crippen LogP contribution in [0.25, 0.3) is 0 Å². The summed E-state index contributed by atoms with van der Waals surface area (Å²) in [5.74, 6) is -0.906. The summed E-state index contributed by atoms with van der Waals surface area (Å²) in [5.41, 5.74) is 3.17. The van der Waals surface area contributed by atoms with Gasteiger partial charge in [0.15, 0.2) is 6.10 Å². The molecule has 2 amide bonds. The molecule has 3 aromatic carbocycles. The van der Waals surface area contributed by atoms with Gasteiger partial charge < -0.3 is 9.64 Å². The molecule has 3 atom stereocenters. The second-order valence-electron chi connectivity index (χ2n) is 8.33. The maximum absolute atomic E-state index is 13.7. The van der Waals surface area contributed by atoms with Gasteiger partial charge in [-0.3, -0.25) is 14.4 Å². The smallest absolute Gasteiger partial charge is 0.266 e. The Morgan fingerprint density at radius 1 is 0.848 bits per heavy atom. The van der Waals surface area contributed by atoms with E-state index in [0.717, 1.165) is 16.9 Å². The van der Waals surface area contributed by atoms with Crippen LogP contribution in [0.2, 0.25) is 0 Å². The first-order chi connectivity index (χ1) is 16.0. The maximum atomic E-state index is 13.7. The Morgan fingerprint density at radius 3 is 2.18 bits per heavy atom. The highest BCUT2D eigenvalue weighted by molar-refractivity contribution is 6.24.